The van der Waals surface area contributed by atoms with Crippen LogP contribution in [0.5, 0.6) is 5.75 Å². The normalized spacial score (nSPS) is 17.5. The van der Waals surface area contributed by atoms with E-state index < -0.39 is 17.7 Å². The van der Waals surface area contributed by atoms with Crippen LogP contribution in [0.3, 0.4) is 0 Å². The number of aliphatic hydroxyl groups is 1. The molecule has 3 rings (SSSR count). The van der Waals surface area contributed by atoms with Gasteiger partial charge in [-0.05, 0) is 43.0 Å². The summed E-state index contributed by atoms with van der Waals surface area (Å²) >= 11 is 1.28. The first-order valence-corrected chi connectivity index (χ1v) is 8.83. The number of amides is 1. The summed E-state index contributed by atoms with van der Waals surface area (Å²) in [5, 5.41) is 12.0. The second-order valence-electron chi connectivity index (χ2n) is 6.12. The number of rotatable bonds is 5. The standard InChI is InChI=1S/C19H19NO4S/c1-11(2)24-13-8-6-12(7-9-13)16-15(18(22)19(23)20(16)3)17(21)14-5-4-10-25-14/h4-11,16,22H,1-3H3. The molecule has 6 heteroatoms. The molecule has 2 heterocycles. The van der Waals surface area contributed by atoms with Gasteiger partial charge in [-0.15, -0.1) is 11.3 Å². The van der Waals surface area contributed by atoms with E-state index in [9.17, 15) is 14.7 Å². The highest BCUT2D eigenvalue weighted by atomic mass is 32.1. The lowest BCUT2D eigenvalue weighted by atomic mass is 9.95. The Morgan fingerprint density at radius 1 is 1.24 bits per heavy atom. The Kier molecular flexibility index (Phi) is 4.63. The average molecular weight is 357 g/mol. The summed E-state index contributed by atoms with van der Waals surface area (Å²) in [6, 6.07) is 10.1. The number of carbonyl (C=O) groups is 2. The van der Waals surface area contributed by atoms with Crippen LogP contribution in [0.15, 0.2) is 53.1 Å². The lowest BCUT2D eigenvalue weighted by Gasteiger charge is -2.22. The van der Waals surface area contributed by atoms with Crippen LogP contribution in [-0.4, -0.2) is 34.8 Å². The van der Waals surface area contributed by atoms with Gasteiger partial charge in [-0.1, -0.05) is 18.2 Å². The Morgan fingerprint density at radius 3 is 2.48 bits per heavy atom. The lowest BCUT2D eigenvalue weighted by Crippen LogP contribution is -2.26. The minimum absolute atomic E-state index is 0.0569. The van der Waals surface area contributed by atoms with Crippen molar-refractivity contribution in [3.8, 4) is 5.75 Å². The summed E-state index contributed by atoms with van der Waals surface area (Å²) in [6.45, 7) is 3.88. The zero-order chi connectivity index (χ0) is 18.1. The summed E-state index contributed by atoms with van der Waals surface area (Å²) in [6.07, 6.45) is 0.0569. The van der Waals surface area contributed by atoms with Crippen molar-refractivity contribution in [2.45, 2.75) is 26.0 Å². The monoisotopic (exact) mass is 357 g/mol. The van der Waals surface area contributed by atoms with Crippen LogP contribution in [0.2, 0.25) is 0 Å². The maximum absolute atomic E-state index is 12.8. The van der Waals surface area contributed by atoms with Crippen LogP contribution in [0.25, 0.3) is 0 Å². The van der Waals surface area contributed by atoms with Gasteiger partial charge in [0.2, 0.25) is 5.78 Å². The summed E-state index contributed by atoms with van der Waals surface area (Å²) in [5.74, 6) is -0.636. The zero-order valence-electron chi connectivity index (χ0n) is 14.2. The Hall–Kier alpha value is -2.60. The quantitative estimate of drug-likeness (QED) is 0.828. The van der Waals surface area contributed by atoms with Gasteiger partial charge in [0.15, 0.2) is 5.76 Å². The second kappa shape index (κ2) is 6.72. The molecule has 1 atom stereocenters. The van der Waals surface area contributed by atoms with E-state index in [1.807, 2.05) is 26.0 Å². The Balaban J connectivity index is 1.98. The molecule has 25 heavy (non-hydrogen) atoms. The van der Waals surface area contributed by atoms with Gasteiger partial charge in [0, 0.05) is 7.05 Å². The molecule has 1 aliphatic rings. The van der Waals surface area contributed by atoms with Crippen molar-refractivity contribution in [1.29, 1.82) is 0 Å². The smallest absolute Gasteiger partial charge is 0.289 e. The molecular formula is C19H19NO4S. The van der Waals surface area contributed by atoms with Crippen LogP contribution >= 0.6 is 11.3 Å². The highest BCUT2D eigenvalue weighted by molar-refractivity contribution is 7.12. The Bertz CT molecular complexity index is 822. The molecule has 1 aromatic heterocycles. The summed E-state index contributed by atoms with van der Waals surface area (Å²) < 4.78 is 5.63. The fraction of sp³-hybridized carbons (Fsp3) is 0.263. The first kappa shape index (κ1) is 17.2. The molecule has 0 spiro atoms. The number of ketones is 1. The van der Waals surface area contributed by atoms with Crippen molar-refractivity contribution in [2.75, 3.05) is 7.05 Å². The molecule has 0 saturated heterocycles. The highest BCUT2D eigenvalue weighted by Crippen LogP contribution is 2.38. The van der Waals surface area contributed by atoms with E-state index in [2.05, 4.69) is 0 Å². The fourth-order valence-electron chi connectivity index (χ4n) is 2.89. The van der Waals surface area contributed by atoms with Crippen molar-refractivity contribution < 1.29 is 19.4 Å². The van der Waals surface area contributed by atoms with Crippen LogP contribution in [0.1, 0.15) is 35.1 Å². The number of hydrogen-bond donors (Lipinski definition) is 1. The maximum atomic E-state index is 12.8. The molecule has 0 aliphatic carbocycles. The molecule has 5 nitrogen and oxygen atoms in total. The molecule has 0 saturated carbocycles. The van der Waals surface area contributed by atoms with E-state index in [-0.39, 0.29) is 17.5 Å². The molecule has 1 amide bonds. The molecule has 130 valence electrons. The molecule has 1 N–H and O–H groups in total. The first-order valence-electron chi connectivity index (χ1n) is 7.95. The predicted molar refractivity (Wildman–Crippen MR) is 96.0 cm³/mol. The van der Waals surface area contributed by atoms with Crippen molar-refractivity contribution in [3.05, 3.63) is 63.6 Å². The summed E-state index contributed by atoms with van der Waals surface area (Å²) in [5.41, 5.74) is 0.864. The lowest BCUT2D eigenvalue weighted by molar-refractivity contribution is -0.128. The van der Waals surface area contributed by atoms with E-state index in [4.69, 9.17) is 4.74 Å². The number of carbonyl (C=O) groups excluding carboxylic acids is 2. The molecule has 0 radical (unpaired) electrons. The molecule has 1 unspecified atom stereocenters. The topological polar surface area (TPSA) is 66.8 Å². The Labute approximate surface area is 150 Å². The second-order valence-corrected chi connectivity index (χ2v) is 7.07. The van der Waals surface area contributed by atoms with E-state index in [0.717, 1.165) is 5.56 Å². The predicted octanol–water partition coefficient (Wildman–Crippen LogP) is 3.74. The minimum Gasteiger partial charge on any atom is -0.503 e. The molecular weight excluding hydrogens is 338 g/mol. The third-order valence-corrected chi connectivity index (χ3v) is 4.86. The van der Waals surface area contributed by atoms with Crippen molar-refractivity contribution in [3.63, 3.8) is 0 Å². The van der Waals surface area contributed by atoms with Gasteiger partial charge < -0.3 is 14.7 Å². The SMILES string of the molecule is CC(C)Oc1ccc(C2C(C(=O)c3cccs3)=C(O)C(=O)N2C)cc1. The molecule has 2 aromatic rings. The number of ether oxygens (including phenoxy) is 1. The molecule has 1 aromatic carbocycles. The number of hydrogen-bond acceptors (Lipinski definition) is 5. The van der Waals surface area contributed by atoms with E-state index in [0.29, 0.717) is 10.6 Å². The molecule has 1 aliphatic heterocycles. The van der Waals surface area contributed by atoms with Gasteiger partial charge >= 0.3 is 0 Å². The van der Waals surface area contributed by atoms with Gasteiger partial charge in [0.1, 0.15) is 5.75 Å². The first-order chi connectivity index (χ1) is 11.9. The number of benzene rings is 1. The van der Waals surface area contributed by atoms with Crippen LogP contribution < -0.4 is 4.74 Å². The average Bonchev–Trinajstić information content (AvgIpc) is 3.18. The number of aliphatic hydroxyl groups excluding tert-OH is 1. The minimum atomic E-state index is -0.616. The van der Waals surface area contributed by atoms with Crippen molar-refractivity contribution in [2.24, 2.45) is 0 Å². The zero-order valence-corrected chi connectivity index (χ0v) is 15.0. The molecule has 0 fully saturated rings. The third-order valence-electron chi connectivity index (χ3n) is 4.00. The van der Waals surface area contributed by atoms with Gasteiger partial charge in [-0.25, -0.2) is 0 Å². The van der Waals surface area contributed by atoms with Crippen LogP contribution in [0.4, 0.5) is 0 Å². The number of nitrogens with zero attached hydrogens (tertiary/aromatic N) is 1. The van der Waals surface area contributed by atoms with Gasteiger partial charge in [0.05, 0.1) is 22.6 Å². The van der Waals surface area contributed by atoms with Crippen molar-refractivity contribution >= 4 is 23.0 Å². The van der Waals surface area contributed by atoms with Gasteiger partial charge in [0.25, 0.3) is 5.91 Å². The number of Topliss-reactive ketones (excluding diaryl/α,β-unsaturated/α-hetero) is 1. The van der Waals surface area contributed by atoms with Crippen LogP contribution in [-0.2, 0) is 4.79 Å². The maximum Gasteiger partial charge on any atom is 0.289 e. The fourth-order valence-corrected chi connectivity index (χ4v) is 3.56. The van der Waals surface area contributed by atoms with Crippen LogP contribution in [0, 0.1) is 0 Å². The van der Waals surface area contributed by atoms with Gasteiger partial charge in [-0.3, -0.25) is 9.59 Å². The molecule has 0 bridgehead atoms. The van der Waals surface area contributed by atoms with Crippen molar-refractivity contribution in [1.82, 2.24) is 4.90 Å². The number of likely N-dealkylation sites (N-methyl/N-ethyl adjacent to an activating group) is 1. The van der Waals surface area contributed by atoms with E-state index in [1.54, 1.807) is 36.7 Å². The largest absolute Gasteiger partial charge is 0.503 e. The summed E-state index contributed by atoms with van der Waals surface area (Å²) in [7, 11) is 1.58. The van der Waals surface area contributed by atoms with E-state index in [1.165, 1.54) is 16.2 Å². The summed E-state index contributed by atoms with van der Waals surface area (Å²) in [4.78, 5) is 26.9. The Morgan fingerprint density at radius 2 is 1.92 bits per heavy atom. The van der Waals surface area contributed by atoms with E-state index >= 15 is 0 Å². The highest BCUT2D eigenvalue weighted by Gasteiger charge is 2.42. The number of thiophene rings is 1. The third kappa shape index (κ3) is 3.17. The van der Waals surface area contributed by atoms with Gasteiger partial charge in [-0.2, -0.15) is 0 Å².